The lowest BCUT2D eigenvalue weighted by atomic mass is 10.1. The van der Waals surface area contributed by atoms with Crippen molar-refractivity contribution in [2.45, 2.75) is 46.2 Å². The highest BCUT2D eigenvalue weighted by Gasteiger charge is 2.03. The van der Waals surface area contributed by atoms with E-state index in [1.165, 1.54) is 0 Å². The molecule has 0 amide bonds. The van der Waals surface area contributed by atoms with E-state index >= 15 is 0 Å². The van der Waals surface area contributed by atoms with Crippen LogP contribution in [0.15, 0.2) is 12.3 Å². The normalized spacial score (nSPS) is 11.3. The molecule has 0 bridgehead atoms. The third kappa shape index (κ3) is 3.42. The van der Waals surface area contributed by atoms with E-state index in [-0.39, 0.29) is 0 Å². The molecule has 0 spiro atoms. The van der Waals surface area contributed by atoms with Crippen LogP contribution in [0.5, 0.6) is 0 Å². The Morgan fingerprint density at radius 3 is 2.57 bits per heavy atom. The van der Waals surface area contributed by atoms with Gasteiger partial charge in [0.25, 0.3) is 0 Å². The highest BCUT2D eigenvalue weighted by molar-refractivity contribution is 5.06. The second-order valence-electron chi connectivity index (χ2n) is 4.09. The summed E-state index contributed by atoms with van der Waals surface area (Å²) >= 11 is 0. The highest BCUT2D eigenvalue weighted by Crippen LogP contribution is 2.09. The van der Waals surface area contributed by atoms with Gasteiger partial charge in [-0.25, -0.2) is 9.97 Å². The van der Waals surface area contributed by atoms with Crippen LogP contribution in [-0.2, 0) is 6.54 Å². The van der Waals surface area contributed by atoms with Crippen LogP contribution in [0, 0.1) is 0 Å². The summed E-state index contributed by atoms with van der Waals surface area (Å²) in [5.74, 6) is 1.35. The molecule has 14 heavy (non-hydrogen) atoms. The van der Waals surface area contributed by atoms with Crippen molar-refractivity contribution in [2.75, 3.05) is 0 Å². The molecular formula is C11H19N3. The molecule has 0 atom stereocenters. The van der Waals surface area contributed by atoms with Gasteiger partial charge < -0.3 is 5.32 Å². The van der Waals surface area contributed by atoms with Gasteiger partial charge in [-0.1, -0.05) is 27.7 Å². The molecule has 1 N–H and O–H groups in total. The van der Waals surface area contributed by atoms with Crippen LogP contribution >= 0.6 is 0 Å². The van der Waals surface area contributed by atoms with Crippen LogP contribution in [0.4, 0.5) is 0 Å². The zero-order valence-electron chi connectivity index (χ0n) is 9.41. The molecule has 0 saturated heterocycles. The summed E-state index contributed by atoms with van der Waals surface area (Å²) in [6.45, 7) is 9.26. The van der Waals surface area contributed by atoms with Crippen LogP contribution in [0.3, 0.4) is 0 Å². The van der Waals surface area contributed by atoms with Gasteiger partial charge in [0.05, 0.1) is 6.54 Å². The molecule has 0 aliphatic rings. The quantitative estimate of drug-likeness (QED) is 0.795. The predicted octanol–water partition coefficient (Wildman–Crippen LogP) is 2.10. The second-order valence-corrected chi connectivity index (χ2v) is 4.09. The van der Waals surface area contributed by atoms with Crippen LogP contribution in [0.1, 0.15) is 45.1 Å². The summed E-state index contributed by atoms with van der Waals surface area (Å²) in [5, 5.41) is 3.30. The van der Waals surface area contributed by atoms with Crippen molar-refractivity contribution in [1.29, 1.82) is 0 Å². The fourth-order valence-corrected chi connectivity index (χ4v) is 1.12. The van der Waals surface area contributed by atoms with E-state index in [9.17, 15) is 0 Å². The second kappa shape index (κ2) is 5.05. The van der Waals surface area contributed by atoms with E-state index in [0.717, 1.165) is 18.1 Å². The minimum atomic E-state index is 0.468. The summed E-state index contributed by atoms with van der Waals surface area (Å²) in [7, 11) is 0. The monoisotopic (exact) mass is 193 g/mol. The van der Waals surface area contributed by atoms with Crippen molar-refractivity contribution < 1.29 is 0 Å². The molecule has 0 aliphatic heterocycles. The zero-order valence-corrected chi connectivity index (χ0v) is 9.41. The summed E-state index contributed by atoms with van der Waals surface area (Å²) in [6, 6.07) is 2.45. The Morgan fingerprint density at radius 2 is 2.00 bits per heavy atom. The topological polar surface area (TPSA) is 37.8 Å². The van der Waals surface area contributed by atoms with E-state index in [0.29, 0.717) is 12.0 Å². The Balaban J connectivity index is 2.64. The fourth-order valence-electron chi connectivity index (χ4n) is 1.12. The molecule has 0 unspecified atom stereocenters. The van der Waals surface area contributed by atoms with Crippen molar-refractivity contribution in [2.24, 2.45) is 0 Å². The molecule has 3 nitrogen and oxygen atoms in total. The number of hydrogen-bond acceptors (Lipinski definition) is 3. The largest absolute Gasteiger partial charge is 0.308 e. The highest BCUT2D eigenvalue weighted by atomic mass is 15.0. The number of rotatable bonds is 4. The maximum Gasteiger partial charge on any atom is 0.142 e. The number of aromatic nitrogens is 2. The van der Waals surface area contributed by atoms with Gasteiger partial charge in [0, 0.05) is 17.9 Å². The molecule has 0 radical (unpaired) electrons. The molecule has 1 heterocycles. The number of hydrogen-bond donors (Lipinski definition) is 1. The minimum absolute atomic E-state index is 0.468. The first-order valence-corrected chi connectivity index (χ1v) is 5.14. The minimum Gasteiger partial charge on any atom is -0.308 e. The van der Waals surface area contributed by atoms with E-state index in [1.54, 1.807) is 0 Å². The van der Waals surface area contributed by atoms with Gasteiger partial charge in [-0.05, 0) is 12.0 Å². The van der Waals surface area contributed by atoms with Crippen molar-refractivity contribution in [3.8, 4) is 0 Å². The third-order valence-corrected chi connectivity index (χ3v) is 1.99. The Labute approximate surface area is 86.0 Å². The average molecular weight is 193 g/mol. The maximum atomic E-state index is 4.47. The Morgan fingerprint density at radius 1 is 1.29 bits per heavy atom. The van der Waals surface area contributed by atoms with Gasteiger partial charge in [-0.3, -0.25) is 0 Å². The van der Waals surface area contributed by atoms with E-state index in [2.05, 4.69) is 43.0 Å². The van der Waals surface area contributed by atoms with Crippen LogP contribution < -0.4 is 5.32 Å². The smallest absolute Gasteiger partial charge is 0.142 e. The molecular weight excluding hydrogens is 174 g/mol. The predicted molar refractivity (Wildman–Crippen MR) is 58.1 cm³/mol. The average Bonchev–Trinajstić information content (AvgIpc) is 2.15. The molecule has 0 aromatic carbocycles. The number of nitrogens with one attached hydrogen (secondary N) is 1. The molecule has 0 saturated carbocycles. The third-order valence-electron chi connectivity index (χ3n) is 1.99. The first-order chi connectivity index (χ1) is 6.59. The number of nitrogens with zero attached hydrogens (tertiary/aromatic N) is 2. The lowest BCUT2D eigenvalue weighted by Crippen LogP contribution is -2.23. The molecule has 1 rings (SSSR count). The van der Waals surface area contributed by atoms with Gasteiger partial charge in [-0.2, -0.15) is 0 Å². The molecule has 78 valence electrons. The van der Waals surface area contributed by atoms with Gasteiger partial charge in [0.15, 0.2) is 0 Å². The van der Waals surface area contributed by atoms with Crippen LogP contribution in [0.2, 0.25) is 0 Å². The van der Waals surface area contributed by atoms with Gasteiger partial charge in [0.1, 0.15) is 5.82 Å². The summed E-state index contributed by atoms with van der Waals surface area (Å²) in [6.07, 6.45) is 1.83. The fraction of sp³-hybridized carbons (Fsp3) is 0.636. The summed E-state index contributed by atoms with van der Waals surface area (Å²) < 4.78 is 0. The Bertz CT molecular complexity index is 282. The van der Waals surface area contributed by atoms with Gasteiger partial charge in [0.2, 0.25) is 0 Å². The van der Waals surface area contributed by atoms with Crippen LogP contribution in [0.25, 0.3) is 0 Å². The van der Waals surface area contributed by atoms with E-state index in [4.69, 9.17) is 0 Å². The lowest BCUT2D eigenvalue weighted by molar-refractivity contribution is 0.569. The van der Waals surface area contributed by atoms with E-state index < -0.39 is 0 Å². The Hall–Kier alpha value is -0.960. The first kappa shape index (κ1) is 11.1. The SMILES string of the molecule is CC(C)NCc1nccc(C(C)C)n1. The van der Waals surface area contributed by atoms with Gasteiger partial charge >= 0.3 is 0 Å². The standard InChI is InChI=1S/C11H19N3/c1-8(2)10-5-6-12-11(14-10)7-13-9(3)4/h5-6,8-9,13H,7H2,1-4H3. The maximum absolute atomic E-state index is 4.47. The van der Waals surface area contributed by atoms with E-state index in [1.807, 2.05) is 12.3 Å². The van der Waals surface area contributed by atoms with Crippen molar-refractivity contribution in [3.63, 3.8) is 0 Å². The van der Waals surface area contributed by atoms with Crippen molar-refractivity contribution in [3.05, 3.63) is 23.8 Å². The lowest BCUT2D eigenvalue weighted by Gasteiger charge is -2.09. The van der Waals surface area contributed by atoms with Crippen LogP contribution in [-0.4, -0.2) is 16.0 Å². The molecule has 1 aromatic heterocycles. The molecule has 0 aliphatic carbocycles. The molecule has 0 fully saturated rings. The summed E-state index contributed by atoms with van der Waals surface area (Å²) in [5.41, 5.74) is 1.11. The molecule has 3 heteroatoms. The summed E-state index contributed by atoms with van der Waals surface area (Å²) in [4.78, 5) is 8.69. The Kier molecular flexibility index (Phi) is 4.01. The molecule has 1 aromatic rings. The zero-order chi connectivity index (χ0) is 10.6. The van der Waals surface area contributed by atoms with Crippen molar-refractivity contribution >= 4 is 0 Å². The first-order valence-electron chi connectivity index (χ1n) is 5.14. The van der Waals surface area contributed by atoms with Gasteiger partial charge in [-0.15, -0.1) is 0 Å². The van der Waals surface area contributed by atoms with Crippen molar-refractivity contribution in [1.82, 2.24) is 15.3 Å².